The summed E-state index contributed by atoms with van der Waals surface area (Å²) in [5.74, 6) is 1.14. The molecule has 7 heteroatoms. The number of likely N-dealkylation sites (tertiary alicyclic amines) is 1. The lowest BCUT2D eigenvalue weighted by Crippen LogP contribution is -2.32. The monoisotopic (exact) mass is 397 g/mol. The van der Waals surface area contributed by atoms with Crippen molar-refractivity contribution >= 4 is 15.7 Å². The lowest BCUT2D eigenvalue weighted by Gasteiger charge is -2.21. The molecule has 6 nitrogen and oxygen atoms in total. The number of rotatable bonds is 8. The molecule has 0 radical (unpaired) electrons. The molecule has 152 valence electrons. The van der Waals surface area contributed by atoms with Crippen LogP contribution in [0.2, 0.25) is 0 Å². The molecule has 1 amide bonds. The van der Waals surface area contributed by atoms with Crippen molar-refractivity contribution in [1.82, 2.24) is 4.90 Å². The molecule has 0 aromatic heterocycles. The Morgan fingerprint density at radius 1 is 1.07 bits per heavy atom. The Morgan fingerprint density at radius 3 is 2.37 bits per heavy atom. The number of amides is 1. The minimum Gasteiger partial charge on any atom is -0.490 e. The van der Waals surface area contributed by atoms with Crippen molar-refractivity contribution in [1.29, 1.82) is 0 Å². The average Bonchev–Trinajstić information content (AvgIpc) is 2.90. The van der Waals surface area contributed by atoms with Crippen LogP contribution in [-0.4, -0.2) is 57.0 Å². The fourth-order valence-electron chi connectivity index (χ4n) is 3.18. The summed E-state index contributed by atoms with van der Waals surface area (Å²) in [5, 5.41) is -0.358. The number of carbonyl (C=O) groups is 1. The van der Waals surface area contributed by atoms with Crippen LogP contribution >= 0.6 is 0 Å². The predicted molar refractivity (Wildman–Crippen MR) is 106 cm³/mol. The zero-order valence-corrected chi connectivity index (χ0v) is 17.4. The van der Waals surface area contributed by atoms with E-state index in [1.54, 1.807) is 23.1 Å². The summed E-state index contributed by atoms with van der Waals surface area (Å²) in [4.78, 5) is 14.7. The van der Waals surface area contributed by atoms with Gasteiger partial charge >= 0.3 is 0 Å². The highest BCUT2D eigenvalue weighted by Crippen LogP contribution is 2.30. The maximum atomic E-state index is 12.9. The molecule has 27 heavy (non-hydrogen) atoms. The number of sulfone groups is 1. The Kier molecular flexibility index (Phi) is 7.95. The Bertz CT molecular complexity index is 732. The van der Waals surface area contributed by atoms with Gasteiger partial charge in [-0.3, -0.25) is 4.79 Å². The second-order valence-electron chi connectivity index (χ2n) is 7.03. The van der Waals surface area contributed by atoms with Crippen LogP contribution in [0.5, 0.6) is 11.5 Å². The van der Waals surface area contributed by atoms with Crippen LogP contribution in [0.1, 0.15) is 56.3 Å². The van der Waals surface area contributed by atoms with Gasteiger partial charge in [0.15, 0.2) is 11.5 Å². The van der Waals surface area contributed by atoms with Gasteiger partial charge in [0, 0.05) is 24.9 Å². The normalized spacial score (nSPS) is 18.0. The second kappa shape index (κ2) is 9.97. The predicted octanol–water partition coefficient (Wildman–Crippen LogP) is 3.30. The summed E-state index contributed by atoms with van der Waals surface area (Å²) in [5.41, 5.74) is 0.544. The van der Waals surface area contributed by atoms with Gasteiger partial charge in [0.2, 0.25) is 0 Å². The molecule has 0 saturated carbocycles. The van der Waals surface area contributed by atoms with Crippen molar-refractivity contribution in [3.63, 3.8) is 0 Å². The molecule has 1 aromatic carbocycles. The highest BCUT2D eigenvalue weighted by Gasteiger charge is 2.27. The van der Waals surface area contributed by atoms with Crippen LogP contribution in [0.4, 0.5) is 0 Å². The van der Waals surface area contributed by atoms with Gasteiger partial charge in [-0.2, -0.15) is 0 Å². The van der Waals surface area contributed by atoms with Crippen LogP contribution in [0.3, 0.4) is 0 Å². The molecule has 0 spiro atoms. The van der Waals surface area contributed by atoms with Crippen LogP contribution in [0.15, 0.2) is 18.2 Å². The minimum atomic E-state index is -3.07. The Labute approximate surface area is 162 Å². The zero-order valence-electron chi connectivity index (χ0n) is 16.6. The number of nitrogens with zero attached hydrogens (tertiary/aromatic N) is 1. The molecule has 1 heterocycles. The molecular weight excluding hydrogens is 366 g/mol. The summed E-state index contributed by atoms with van der Waals surface area (Å²) in [7, 11) is -3.07. The van der Waals surface area contributed by atoms with Crippen molar-refractivity contribution in [3.8, 4) is 11.5 Å². The standard InChI is InChI=1S/C20H31NO5S/c1-4-13-25-18-9-8-16(15-19(18)26-14-5-2)20(22)21-11-6-7-17(10-12-21)27(3,23)24/h8-9,15,17H,4-7,10-14H2,1-3H3/t17-/m0/s1. The van der Waals surface area contributed by atoms with E-state index in [9.17, 15) is 13.2 Å². The molecule has 1 aliphatic rings. The van der Waals surface area contributed by atoms with E-state index in [-0.39, 0.29) is 11.2 Å². The largest absolute Gasteiger partial charge is 0.490 e. The summed E-state index contributed by atoms with van der Waals surface area (Å²) in [6.45, 7) is 6.24. The summed E-state index contributed by atoms with van der Waals surface area (Å²) in [6, 6.07) is 5.28. The minimum absolute atomic E-state index is 0.0902. The molecular formula is C20H31NO5S. The lowest BCUT2D eigenvalue weighted by atomic mass is 10.1. The molecule has 0 aliphatic carbocycles. The van der Waals surface area contributed by atoms with E-state index in [1.807, 2.05) is 13.8 Å². The van der Waals surface area contributed by atoms with E-state index in [2.05, 4.69) is 0 Å². The van der Waals surface area contributed by atoms with Gasteiger partial charge in [0.25, 0.3) is 5.91 Å². The highest BCUT2D eigenvalue weighted by atomic mass is 32.2. The first-order valence-electron chi connectivity index (χ1n) is 9.74. The Morgan fingerprint density at radius 2 is 1.74 bits per heavy atom. The topological polar surface area (TPSA) is 72.9 Å². The molecule has 0 unspecified atom stereocenters. The summed E-state index contributed by atoms with van der Waals surface area (Å²) in [6.07, 6.45) is 4.83. The number of carbonyl (C=O) groups excluding carboxylic acids is 1. The zero-order chi connectivity index (χ0) is 19.9. The van der Waals surface area contributed by atoms with Crippen molar-refractivity contribution in [2.75, 3.05) is 32.6 Å². The Hall–Kier alpha value is -1.76. The van der Waals surface area contributed by atoms with Crippen molar-refractivity contribution < 1.29 is 22.7 Å². The van der Waals surface area contributed by atoms with E-state index < -0.39 is 9.84 Å². The SMILES string of the molecule is CCCOc1ccc(C(=O)N2CCC[C@H](S(C)(=O)=O)CC2)cc1OCCC. The molecule has 1 aromatic rings. The third kappa shape index (κ3) is 6.13. The quantitative estimate of drug-likeness (QED) is 0.673. The summed E-state index contributed by atoms with van der Waals surface area (Å²) < 4.78 is 35.1. The molecule has 1 aliphatic heterocycles. The van der Waals surface area contributed by atoms with Crippen molar-refractivity contribution in [2.24, 2.45) is 0 Å². The van der Waals surface area contributed by atoms with Gasteiger partial charge in [-0.05, 0) is 50.3 Å². The third-order valence-electron chi connectivity index (χ3n) is 4.68. The van der Waals surface area contributed by atoms with E-state index in [0.29, 0.717) is 62.6 Å². The number of ether oxygens (including phenoxy) is 2. The maximum Gasteiger partial charge on any atom is 0.253 e. The smallest absolute Gasteiger partial charge is 0.253 e. The van der Waals surface area contributed by atoms with Gasteiger partial charge in [-0.1, -0.05) is 13.8 Å². The third-order valence-corrected chi connectivity index (χ3v) is 6.36. The first kappa shape index (κ1) is 21.5. The average molecular weight is 398 g/mol. The van der Waals surface area contributed by atoms with E-state index >= 15 is 0 Å². The molecule has 2 rings (SSSR count). The van der Waals surface area contributed by atoms with E-state index in [0.717, 1.165) is 12.8 Å². The molecule has 0 N–H and O–H groups in total. The van der Waals surface area contributed by atoms with Gasteiger partial charge in [-0.25, -0.2) is 8.42 Å². The molecule has 1 fully saturated rings. The van der Waals surface area contributed by atoms with Crippen LogP contribution in [-0.2, 0) is 9.84 Å². The molecule has 1 atom stereocenters. The van der Waals surface area contributed by atoms with Crippen molar-refractivity contribution in [3.05, 3.63) is 23.8 Å². The van der Waals surface area contributed by atoms with E-state index in [1.165, 1.54) is 6.26 Å². The van der Waals surface area contributed by atoms with Crippen LogP contribution in [0.25, 0.3) is 0 Å². The highest BCUT2D eigenvalue weighted by molar-refractivity contribution is 7.91. The first-order valence-corrected chi connectivity index (χ1v) is 11.7. The maximum absolute atomic E-state index is 12.9. The van der Waals surface area contributed by atoms with Gasteiger partial charge in [-0.15, -0.1) is 0 Å². The number of benzene rings is 1. The molecule has 0 bridgehead atoms. The van der Waals surface area contributed by atoms with Gasteiger partial charge in [0.05, 0.1) is 18.5 Å². The molecule has 1 saturated heterocycles. The Balaban J connectivity index is 2.14. The fraction of sp³-hybridized carbons (Fsp3) is 0.650. The van der Waals surface area contributed by atoms with E-state index in [4.69, 9.17) is 9.47 Å². The number of hydrogen-bond acceptors (Lipinski definition) is 5. The van der Waals surface area contributed by atoms with Crippen molar-refractivity contribution in [2.45, 2.75) is 51.2 Å². The van der Waals surface area contributed by atoms with Gasteiger partial charge in [0.1, 0.15) is 9.84 Å². The summed E-state index contributed by atoms with van der Waals surface area (Å²) >= 11 is 0. The number of hydrogen-bond donors (Lipinski definition) is 0. The first-order chi connectivity index (χ1) is 12.9. The lowest BCUT2D eigenvalue weighted by molar-refractivity contribution is 0.0761. The van der Waals surface area contributed by atoms with Gasteiger partial charge < -0.3 is 14.4 Å². The second-order valence-corrected chi connectivity index (χ2v) is 9.36. The fourth-order valence-corrected chi connectivity index (χ4v) is 4.31. The van der Waals surface area contributed by atoms with Crippen LogP contribution in [0, 0.1) is 0 Å². The van der Waals surface area contributed by atoms with Crippen LogP contribution < -0.4 is 9.47 Å².